The highest BCUT2D eigenvalue weighted by Crippen LogP contribution is 2.17. The molecule has 0 aliphatic rings. The summed E-state index contributed by atoms with van der Waals surface area (Å²) in [5.41, 5.74) is 5.17. The van der Waals surface area contributed by atoms with Gasteiger partial charge < -0.3 is 21.0 Å². The zero-order valence-electron chi connectivity index (χ0n) is 8.22. The maximum atomic E-state index is 13.0. The fourth-order valence-electron chi connectivity index (χ4n) is 1.26. The number of hydrogen-bond donors (Lipinski definition) is 4. The Morgan fingerprint density at radius 2 is 2.19 bits per heavy atom. The van der Waals surface area contributed by atoms with Crippen LogP contribution in [-0.2, 0) is 11.2 Å². The van der Waals surface area contributed by atoms with E-state index in [-0.39, 0.29) is 23.2 Å². The van der Waals surface area contributed by atoms with Crippen molar-refractivity contribution in [3.8, 4) is 5.75 Å². The number of carbonyl (C=O) groups is 1. The Hall–Kier alpha value is -1.60. The van der Waals surface area contributed by atoms with E-state index in [1.54, 1.807) is 0 Å². The first-order valence-corrected chi connectivity index (χ1v) is 4.43. The van der Waals surface area contributed by atoms with Crippen LogP contribution in [0.5, 0.6) is 5.75 Å². The largest absolute Gasteiger partial charge is 0.508 e. The molecule has 5 N–H and O–H groups in total. The van der Waals surface area contributed by atoms with Crippen molar-refractivity contribution >= 4 is 18.9 Å². The lowest BCUT2D eigenvalue weighted by molar-refractivity contribution is -0.138. The van der Waals surface area contributed by atoms with Gasteiger partial charge in [-0.1, -0.05) is 0 Å². The summed E-state index contributed by atoms with van der Waals surface area (Å²) in [6, 6.07) is 0.662. The molecule has 0 aliphatic heterocycles. The van der Waals surface area contributed by atoms with Gasteiger partial charge in [-0.3, -0.25) is 4.79 Å². The molecule has 1 aromatic rings. The Balaban J connectivity index is 3.04. The zero-order valence-corrected chi connectivity index (χ0v) is 8.22. The minimum Gasteiger partial charge on any atom is -0.508 e. The monoisotopic (exact) mass is 226 g/mol. The summed E-state index contributed by atoms with van der Waals surface area (Å²) < 4.78 is 13.0. The molecular weight excluding hydrogens is 216 g/mol. The fourth-order valence-corrected chi connectivity index (χ4v) is 1.26. The third-order valence-corrected chi connectivity index (χ3v) is 2.08. The predicted molar refractivity (Wildman–Crippen MR) is 55.0 cm³/mol. The minimum atomic E-state index is -1.25. The second kappa shape index (κ2) is 4.95. The van der Waals surface area contributed by atoms with E-state index in [9.17, 15) is 14.3 Å². The van der Waals surface area contributed by atoms with Crippen LogP contribution in [0.2, 0.25) is 0 Å². The van der Waals surface area contributed by atoms with Gasteiger partial charge in [0.1, 0.15) is 17.6 Å². The van der Waals surface area contributed by atoms with E-state index >= 15 is 0 Å². The molecule has 0 fully saturated rings. The Kier molecular flexibility index (Phi) is 3.86. The minimum absolute atomic E-state index is 0.0372. The first-order valence-electron chi connectivity index (χ1n) is 4.43. The van der Waals surface area contributed by atoms with Crippen LogP contribution in [-0.4, -0.2) is 34.7 Å². The van der Waals surface area contributed by atoms with Gasteiger partial charge in [0.15, 0.2) is 0 Å². The quantitative estimate of drug-likeness (QED) is 0.479. The van der Waals surface area contributed by atoms with Gasteiger partial charge in [0.25, 0.3) is 0 Å². The average Bonchev–Trinajstić information content (AvgIpc) is 2.22. The molecule has 1 aromatic carbocycles. The first-order chi connectivity index (χ1) is 7.45. The molecule has 1 atom stereocenters. The Morgan fingerprint density at radius 3 is 2.69 bits per heavy atom. The van der Waals surface area contributed by atoms with Crippen molar-refractivity contribution in [2.75, 3.05) is 0 Å². The van der Waals surface area contributed by atoms with Crippen LogP contribution in [0.1, 0.15) is 5.56 Å². The second-order valence-electron chi connectivity index (χ2n) is 3.28. The van der Waals surface area contributed by atoms with Crippen molar-refractivity contribution < 1.29 is 24.4 Å². The van der Waals surface area contributed by atoms with Gasteiger partial charge in [-0.05, 0) is 23.2 Å². The van der Waals surface area contributed by atoms with Crippen molar-refractivity contribution in [1.82, 2.24) is 0 Å². The predicted octanol–water partition coefficient (Wildman–Crippen LogP) is -1.28. The summed E-state index contributed by atoms with van der Waals surface area (Å²) in [5, 5.41) is 26.8. The third kappa shape index (κ3) is 2.71. The lowest BCUT2D eigenvalue weighted by atomic mass is 9.85. The molecule has 0 aromatic heterocycles. The van der Waals surface area contributed by atoms with Crippen molar-refractivity contribution in [3.63, 3.8) is 0 Å². The number of halogens is 1. The number of aliphatic carboxylic acids is 1. The van der Waals surface area contributed by atoms with Crippen molar-refractivity contribution in [1.29, 1.82) is 0 Å². The van der Waals surface area contributed by atoms with Crippen LogP contribution in [0.15, 0.2) is 12.1 Å². The molecule has 0 bridgehead atoms. The molecule has 0 aliphatic carbocycles. The summed E-state index contributed by atoms with van der Waals surface area (Å²) in [7, 11) is 0.536. The smallest absolute Gasteiger partial charge is 0.330 e. The van der Waals surface area contributed by atoms with E-state index in [4.69, 9.17) is 15.9 Å². The Morgan fingerprint density at radius 1 is 1.56 bits per heavy atom. The van der Waals surface area contributed by atoms with Crippen molar-refractivity contribution in [2.45, 2.75) is 12.5 Å². The number of benzene rings is 1. The second-order valence-corrected chi connectivity index (χ2v) is 3.28. The van der Waals surface area contributed by atoms with Gasteiger partial charge in [-0.15, -0.1) is 0 Å². The molecule has 0 spiro atoms. The number of phenols is 1. The van der Waals surface area contributed by atoms with Gasteiger partial charge in [-0.2, -0.15) is 0 Å². The van der Waals surface area contributed by atoms with Crippen LogP contribution >= 0.6 is 0 Å². The molecule has 85 valence electrons. The number of carboxylic acids is 1. The number of aromatic hydroxyl groups is 1. The summed E-state index contributed by atoms with van der Waals surface area (Å²) in [6.45, 7) is 0. The highest BCUT2D eigenvalue weighted by molar-refractivity contribution is 6.47. The molecule has 1 rings (SSSR count). The lowest BCUT2D eigenvalue weighted by Crippen LogP contribution is -2.32. The molecule has 1 unspecified atom stereocenters. The van der Waals surface area contributed by atoms with E-state index in [1.165, 1.54) is 0 Å². The van der Waals surface area contributed by atoms with Gasteiger partial charge in [0.2, 0.25) is 0 Å². The topological polar surface area (TPSA) is 104 Å². The molecule has 7 heteroatoms. The highest BCUT2D eigenvalue weighted by atomic mass is 19.1. The van der Waals surface area contributed by atoms with E-state index in [2.05, 4.69) is 0 Å². The average molecular weight is 226 g/mol. The summed E-state index contributed by atoms with van der Waals surface area (Å²) in [6.07, 6.45) is -0.222. The SMILES string of the molecule is NC(Cc1cc(F)cc([B]O)c1O)C(=O)O. The maximum absolute atomic E-state index is 13.0. The highest BCUT2D eigenvalue weighted by Gasteiger charge is 2.17. The van der Waals surface area contributed by atoms with Crippen LogP contribution in [0.3, 0.4) is 0 Å². The standard InChI is InChI=1S/C9H10BFNO4/c11-5-1-4(2-7(12)9(14)15)8(13)6(3-5)10-16/h1,3,7,13,16H,2,12H2,(H,14,15). The molecule has 5 nitrogen and oxygen atoms in total. The van der Waals surface area contributed by atoms with Crippen molar-refractivity contribution in [3.05, 3.63) is 23.5 Å². The summed E-state index contributed by atoms with van der Waals surface area (Å²) >= 11 is 0. The molecular formula is C9H10BFNO4. The fraction of sp³-hybridized carbons (Fsp3) is 0.222. The summed E-state index contributed by atoms with van der Waals surface area (Å²) in [5.74, 6) is -2.32. The third-order valence-electron chi connectivity index (χ3n) is 2.08. The molecule has 0 heterocycles. The van der Waals surface area contributed by atoms with Gasteiger partial charge in [-0.25, -0.2) is 4.39 Å². The maximum Gasteiger partial charge on any atom is 0.330 e. The molecule has 0 saturated heterocycles. The number of nitrogens with two attached hydrogens (primary N) is 1. The van der Waals surface area contributed by atoms with E-state index in [1.807, 2.05) is 0 Å². The van der Waals surface area contributed by atoms with Gasteiger partial charge >= 0.3 is 13.5 Å². The van der Waals surface area contributed by atoms with E-state index in [0.717, 1.165) is 12.1 Å². The Labute approximate surface area is 91.6 Å². The normalized spacial score (nSPS) is 12.2. The van der Waals surface area contributed by atoms with Crippen LogP contribution in [0.4, 0.5) is 4.39 Å². The summed E-state index contributed by atoms with van der Waals surface area (Å²) in [4.78, 5) is 10.5. The lowest BCUT2D eigenvalue weighted by Gasteiger charge is -2.10. The van der Waals surface area contributed by atoms with Crippen LogP contribution < -0.4 is 11.2 Å². The van der Waals surface area contributed by atoms with Crippen molar-refractivity contribution in [2.24, 2.45) is 5.73 Å². The van der Waals surface area contributed by atoms with Gasteiger partial charge in [0.05, 0.1) is 0 Å². The first kappa shape index (κ1) is 12.5. The Bertz CT molecular complexity index is 413. The number of phenolic OH excluding ortho intramolecular Hbond substituents is 1. The molecule has 0 amide bonds. The number of hydrogen-bond acceptors (Lipinski definition) is 4. The zero-order chi connectivity index (χ0) is 12.3. The number of rotatable bonds is 4. The van der Waals surface area contributed by atoms with E-state index < -0.39 is 17.8 Å². The van der Waals surface area contributed by atoms with Gasteiger partial charge in [0, 0.05) is 6.42 Å². The molecule has 1 radical (unpaired) electrons. The molecule has 0 saturated carbocycles. The van der Waals surface area contributed by atoms with Crippen LogP contribution in [0.25, 0.3) is 0 Å². The van der Waals surface area contributed by atoms with E-state index in [0.29, 0.717) is 7.48 Å². The van der Waals surface area contributed by atoms with Crippen LogP contribution in [0, 0.1) is 5.82 Å². The number of carboxylic acid groups (broad SMARTS) is 1. The molecule has 16 heavy (non-hydrogen) atoms.